The minimum atomic E-state index is -8.67. The van der Waals surface area contributed by atoms with Crippen molar-refractivity contribution in [2.24, 2.45) is 0 Å². The minimum absolute atomic E-state index is 0.0788. The van der Waals surface area contributed by atoms with Crippen LogP contribution in [-0.2, 0) is 47.5 Å². The quantitative estimate of drug-likeness (QED) is 0.0249. The number of hydrogen-bond acceptors (Lipinski definition) is 12. The van der Waals surface area contributed by atoms with Crippen molar-refractivity contribution >= 4 is 17.9 Å². The van der Waals surface area contributed by atoms with Crippen LogP contribution in [0.3, 0.4) is 0 Å². The fourth-order valence-electron chi connectivity index (χ4n) is 5.95. The number of alkyl halides is 17. The molecule has 1 fully saturated rings. The maximum Gasteiger partial charge on any atom is 0.460 e. The summed E-state index contributed by atoms with van der Waals surface area (Å²) in [5.74, 6) is -58.0. The van der Waals surface area contributed by atoms with Gasteiger partial charge in [-0.2, -0.15) is 74.6 Å². The van der Waals surface area contributed by atoms with E-state index in [-0.39, 0.29) is 45.0 Å². The van der Waals surface area contributed by atoms with Crippen molar-refractivity contribution in [1.29, 1.82) is 0 Å². The Kier molecular flexibility index (Phi) is 21.7. The summed E-state index contributed by atoms with van der Waals surface area (Å²) in [5, 5.41) is 0. The average Bonchev–Trinajstić information content (AvgIpc) is 3.23. The Balaban J connectivity index is 1.86. The summed E-state index contributed by atoms with van der Waals surface area (Å²) in [6, 6.07) is 6.24. The van der Waals surface area contributed by atoms with Crippen LogP contribution >= 0.6 is 0 Å². The van der Waals surface area contributed by atoms with Crippen molar-refractivity contribution < 1.29 is 132 Å². The summed E-state index contributed by atoms with van der Waals surface area (Å²) in [4.78, 5) is 36.0. The molecule has 5 atom stereocenters. The molecule has 1 saturated heterocycles. The number of carbonyl (C=O) groups excluding carboxylic acids is 3. The van der Waals surface area contributed by atoms with Crippen LogP contribution in [-0.4, -0.2) is 143 Å². The first-order valence-corrected chi connectivity index (χ1v) is 20.2. The molecule has 1 aliphatic heterocycles. The van der Waals surface area contributed by atoms with E-state index in [2.05, 4.69) is 0 Å². The van der Waals surface area contributed by atoms with Crippen molar-refractivity contribution in [3.8, 4) is 11.5 Å². The van der Waals surface area contributed by atoms with E-state index in [1.807, 2.05) is 0 Å². The molecule has 1 aromatic rings. The van der Waals surface area contributed by atoms with E-state index in [1.54, 1.807) is 24.3 Å². The van der Waals surface area contributed by atoms with Crippen LogP contribution in [0.2, 0.25) is 0 Å². The first kappa shape index (κ1) is 60.7. The topological polar surface area (TPSA) is 134 Å². The van der Waals surface area contributed by atoms with Crippen LogP contribution in [0, 0.1) is 0 Å². The number of rotatable bonds is 29. The maximum absolute atomic E-state index is 14.1. The van der Waals surface area contributed by atoms with Gasteiger partial charge in [-0.15, -0.1) is 0 Å². The highest BCUT2D eigenvalue weighted by molar-refractivity contribution is 5.67. The van der Waals surface area contributed by atoms with Crippen molar-refractivity contribution in [2.45, 2.75) is 138 Å². The van der Waals surface area contributed by atoms with Crippen molar-refractivity contribution in [3.63, 3.8) is 0 Å². The van der Waals surface area contributed by atoms with Crippen LogP contribution in [0.15, 0.2) is 36.4 Å². The Morgan fingerprint density at radius 1 is 0.565 bits per heavy atom. The molecule has 0 aliphatic carbocycles. The van der Waals surface area contributed by atoms with Gasteiger partial charge in [-0.25, -0.2) is 0 Å². The van der Waals surface area contributed by atoms with Gasteiger partial charge in [0.15, 0.2) is 12.2 Å². The summed E-state index contributed by atoms with van der Waals surface area (Å²) in [6.07, 6.45) is -13.7. The Labute approximate surface area is 381 Å². The van der Waals surface area contributed by atoms with Crippen LogP contribution < -0.4 is 9.47 Å². The molecule has 0 unspecified atom stereocenters. The van der Waals surface area contributed by atoms with Gasteiger partial charge in [0.2, 0.25) is 6.29 Å². The smallest absolute Gasteiger partial charge is 0.460 e. The number of benzene rings is 1. The summed E-state index contributed by atoms with van der Waals surface area (Å²) in [5.41, 5.74) is 0. The maximum atomic E-state index is 14.1. The van der Waals surface area contributed by atoms with Crippen LogP contribution in [0.4, 0.5) is 74.6 Å². The van der Waals surface area contributed by atoms with Gasteiger partial charge in [-0.3, -0.25) is 14.4 Å². The first-order chi connectivity index (χ1) is 31.6. The number of esters is 3. The second kappa shape index (κ2) is 24.6. The molecule has 1 aliphatic rings. The normalized spacial score (nSPS) is 20.2. The Morgan fingerprint density at radius 3 is 1.52 bits per heavy atom. The molecule has 0 N–H and O–H groups in total. The Morgan fingerprint density at radius 2 is 1.03 bits per heavy atom. The average molecular weight is 1040 g/mol. The zero-order chi connectivity index (χ0) is 52.9. The number of methoxy groups -OCH3 is 1. The fraction of sp³-hybridized carbons (Fsp3) is 0.725. The van der Waals surface area contributed by atoms with E-state index in [9.17, 15) is 89.0 Å². The van der Waals surface area contributed by atoms with Crippen LogP contribution in [0.5, 0.6) is 11.5 Å². The van der Waals surface area contributed by atoms with Crippen LogP contribution in [0.1, 0.15) is 59.3 Å². The molecular formula is C40H47F17O12. The minimum Gasteiger partial charge on any atom is -0.497 e. The van der Waals surface area contributed by atoms with E-state index >= 15 is 0 Å². The number of halogens is 17. The van der Waals surface area contributed by atoms with Crippen molar-refractivity contribution in [3.05, 3.63) is 36.4 Å². The van der Waals surface area contributed by atoms with Gasteiger partial charge in [0.25, 0.3) is 0 Å². The Bertz CT molecular complexity index is 1810. The molecule has 0 bridgehead atoms. The van der Waals surface area contributed by atoms with Gasteiger partial charge in [0.1, 0.15) is 30.3 Å². The third-order valence-electron chi connectivity index (χ3n) is 9.56. The zero-order valence-corrected chi connectivity index (χ0v) is 36.7. The number of unbranched alkanes of at least 4 members (excludes halogenated alkanes) is 2. The molecule has 0 aromatic heterocycles. The standard InChI is InChI=1S/C40H47F17O12/c1-23(58)65-22-28-29(66-24(2)59)30(31(67-25(3)60)32(69-28)68-27-14-12-26(61-4)13-15-27)64-21-8-6-5-7-17-62-18-9-10-19-63-20-11-16-33(41,42)34(43,44)35(45,46)36(47,48)37(49,50)38(51,52)39(53,54)40(55,56)57/h6,8,12-15,28-32H,5,7,9-11,16-22H2,1-4H3/b8-6+/t28-,29+,30+,31-,32-/m1/s1. The second-order valence-electron chi connectivity index (χ2n) is 14.9. The number of ether oxygens (including phenoxy) is 9. The van der Waals surface area contributed by atoms with E-state index in [1.165, 1.54) is 19.2 Å². The van der Waals surface area contributed by atoms with Crippen molar-refractivity contribution in [1.82, 2.24) is 0 Å². The lowest BCUT2D eigenvalue weighted by atomic mass is 9.88. The summed E-state index contributed by atoms with van der Waals surface area (Å²) in [7, 11) is 1.45. The lowest BCUT2D eigenvalue weighted by Gasteiger charge is -2.44. The molecule has 0 saturated carbocycles. The second-order valence-corrected chi connectivity index (χ2v) is 14.9. The summed E-state index contributed by atoms with van der Waals surface area (Å²) < 4.78 is 278. The van der Waals surface area contributed by atoms with Gasteiger partial charge in [0.05, 0.1) is 13.7 Å². The monoisotopic (exact) mass is 1040 g/mol. The van der Waals surface area contributed by atoms with Crippen molar-refractivity contribution in [2.75, 3.05) is 46.8 Å². The lowest BCUT2D eigenvalue weighted by molar-refractivity contribution is -0.461. The van der Waals surface area contributed by atoms with Gasteiger partial charge in [0, 0.05) is 53.6 Å². The lowest BCUT2D eigenvalue weighted by Crippen LogP contribution is -2.74. The SMILES string of the molecule is COc1ccc(O[C@@H]2O[C@H](COC(C)=O)[C@H](OC(C)=O)[C@H](OC/C=C/CCCOCCCCOCCCC(F)(F)C(F)(F)C(F)(F)C(F)(F)C(F)(F)C(F)(F)C(F)(F)C(F)(F)F)[C@H]2OC(C)=O)cc1. The molecule has 398 valence electrons. The molecule has 29 heteroatoms. The van der Waals surface area contributed by atoms with Gasteiger partial charge in [-0.1, -0.05) is 12.2 Å². The Hall–Kier alpha value is -4.38. The third-order valence-corrected chi connectivity index (χ3v) is 9.56. The van der Waals surface area contributed by atoms with E-state index in [4.69, 9.17) is 42.6 Å². The van der Waals surface area contributed by atoms with E-state index in [0.717, 1.165) is 20.8 Å². The summed E-state index contributed by atoms with van der Waals surface area (Å²) in [6.45, 7) is 1.75. The highest BCUT2D eigenvalue weighted by atomic mass is 19.4. The first-order valence-electron chi connectivity index (χ1n) is 20.2. The zero-order valence-electron chi connectivity index (χ0n) is 36.7. The highest BCUT2D eigenvalue weighted by Crippen LogP contribution is 2.64. The third kappa shape index (κ3) is 14.8. The predicted molar refractivity (Wildman–Crippen MR) is 199 cm³/mol. The molecule has 0 amide bonds. The summed E-state index contributed by atoms with van der Waals surface area (Å²) >= 11 is 0. The molecule has 0 radical (unpaired) electrons. The van der Waals surface area contributed by atoms with E-state index in [0.29, 0.717) is 18.6 Å². The fourth-order valence-corrected chi connectivity index (χ4v) is 5.95. The molecule has 2 rings (SSSR count). The number of allylic oxidation sites excluding steroid dienone is 1. The van der Waals surface area contributed by atoms with Gasteiger partial charge in [-0.05, 0) is 56.4 Å². The molecule has 12 nitrogen and oxygen atoms in total. The van der Waals surface area contributed by atoms with Crippen LogP contribution in [0.25, 0.3) is 0 Å². The predicted octanol–water partition coefficient (Wildman–Crippen LogP) is 9.55. The number of hydrogen-bond donors (Lipinski definition) is 0. The molecule has 1 aromatic carbocycles. The molecule has 69 heavy (non-hydrogen) atoms. The van der Waals surface area contributed by atoms with E-state index < -0.39 is 122 Å². The molecular weight excluding hydrogens is 995 g/mol. The largest absolute Gasteiger partial charge is 0.497 e. The molecule has 0 spiro atoms. The van der Waals surface area contributed by atoms with Gasteiger partial charge >= 0.3 is 65.5 Å². The van der Waals surface area contributed by atoms with Gasteiger partial charge < -0.3 is 42.6 Å². The highest BCUT2D eigenvalue weighted by Gasteiger charge is 2.95. The molecule has 1 heterocycles. The number of carbonyl (C=O) groups is 3.